The predicted molar refractivity (Wildman–Crippen MR) is 100 cm³/mol. The molecule has 0 bridgehead atoms. The Morgan fingerprint density at radius 1 is 1.04 bits per heavy atom. The first kappa shape index (κ1) is 16.6. The Morgan fingerprint density at radius 3 is 2.46 bits per heavy atom. The Kier molecular flexibility index (Phi) is 4.61. The van der Waals surface area contributed by atoms with Gasteiger partial charge in [0.05, 0.1) is 5.41 Å². The number of hydrazine groups is 1. The summed E-state index contributed by atoms with van der Waals surface area (Å²) in [4.78, 5) is 12.0. The maximum absolute atomic E-state index is 12.0. The van der Waals surface area contributed by atoms with Crippen LogP contribution in [-0.4, -0.2) is 5.91 Å². The molecular formula is C21H26N2O. The lowest BCUT2D eigenvalue weighted by molar-refractivity contribution is -0.125. The van der Waals surface area contributed by atoms with Crippen LogP contribution in [0.5, 0.6) is 0 Å². The second-order valence-corrected chi connectivity index (χ2v) is 7.08. The molecule has 0 saturated carbocycles. The van der Waals surface area contributed by atoms with Crippen molar-refractivity contribution in [2.24, 2.45) is 5.41 Å². The van der Waals surface area contributed by atoms with E-state index in [-0.39, 0.29) is 5.91 Å². The van der Waals surface area contributed by atoms with Crippen LogP contribution < -0.4 is 10.9 Å². The van der Waals surface area contributed by atoms with Crippen molar-refractivity contribution >= 4 is 22.8 Å². The summed E-state index contributed by atoms with van der Waals surface area (Å²) in [6.45, 7) is 6.12. The Labute approximate surface area is 144 Å². The summed E-state index contributed by atoms with van der Waals surface area (Å²) < 4.78 is 0. The molecule has 3 rings (SSSR count). The molecule has 126 valence electrons. The van der Waals surface area contributed by atoms with E-state index in [9.17, 15) is 4.79 Å². The quantitative estimate of drug-likeness (QED) is 0.792. The summed E-state index contributed by atoms with van der Waals surface area (Å²) in [5.74, 6) is 0.0113. The Bertz CT molecular complexity index is 784. The number of carbonyl (C=O) groups excluding carboxylic acids is 1. The van der Waals surface area contributed by atoms with Gasteiger partial charge in [-0.25, -0.2) is 0 Å². The molecule has 3 nitrogen and oxygen atoms in total. The number of hydrogen-bond donors (Lipinski definition) is 2. The number of unbranched alkanes of at least 4 members (excludes halogenated alkanes) is 2. The van der Waals surface area contributed by atoms with Crippen molar-refractivity contribution in [1.29, 1.82) is 0 Å². The molecule has 3 heteroatoms. The van der Waals surface area contributed by atoms with E-state index in [2.05, 4.69) is 60.2 Å². The van der Waals surface area contributed by atoms with E-state index in [1.807, 2.05) is 13.8 Å². The summed E-state index contributed by atoms with van der Waals surface area (Å²) in [6, 6.07) is 12.9. The largest absolute Gasteiger partial charge is 0.302 e. The van der Waals surface area contributed by atoms with E-state index in [1.165, 1.54) is 41.2 Å². The lowest BCUT2D eigenvalue weighted by Gasteiger charge is -2.16. The molecule has 0 radical (unpaired) electrons. The highest BCUT2D eigenvalue weighted by atomic mass is 16.2. The van der Waals surface area contributed by atoms with Crippen molar-refractivity contribution in [3.63, 3.8) is 0 Å². The fourth-order valence-corrected chi connectivity index (χ4v) is 3.27. The van der Waals surface area contributed by atoms with Gasteiger partial charge in [0.25, 0.3) is 0 Å². The van der Waals surface area contributed by atoms with Crippen molar-refractivity contribution in [2.75, 3.05) is 0 Å². The normalized spacial score (nSPS) is 18.0. The maximum Gasteiger partial charge on any atom is 0.249 e. The molecule has 0 aliphatic carbocycles. The van der Waals surface area contributed by atoms with Gasteiger partial charge < -0.3 is 5.43 Å². The lowest BCUT2D eigenvalue weighted by Crippen LogP contribution is -2.28. The van der Waals surface area contributed by atoms with E-state index in [0.29, 0.717) is 0 Å². The minimum atomic E-state index is -0.528. The molecule has 2 aromatic carbocycles. The van der Waals surface area contributed by atoms with Crippen molar-refractivity contribution in [2.45, 2.75) is 46.5 Å². The van der Waals surface area contributed by atoms with Gasteiger partial charge in [-0.15, -0.1) is 0 Å². The van der Waals surface area contributed by atoms with E-state index in [0.717, 1.165) is 12.1 Å². The van der Waals surface area contributed by atoms with Gasteiger partial charge in [0.1, 0.15) is 0 Å². The molecule has 0 spiro atoms. The molecule has 1 aliphatic rings. The van der Waals surface area contributed by atoms with Gasteiger partial charge in [-0.1, -0.05) is 56.2 Å². The van der Waals surface area contributed by atoms with Crippen LogP contribution in [0.3, 0.4) is 0 Å². The number of carbonyl (C=O) groups is 1. The van der Waals surface area contributed by atoms with E-state index < -0.39 is 5.41 Å². The van der Waals surface area contributed by atoms with Crippen LogP contribution in [0.25, 0.3) is 16.8 Å². The predicted octanol–water partition coefficient (Wildman–Crippen LogP) is 4.57. The zero-order chi connectivity index (χ0) is 17.2. The minimum Gasteiger partial charge on any atom is -0.302 e. The average molecular weight is 322 g/mol. The SMILES string of the molecule is CCCCCc1cccc2cccc(/C=C3\NNC(=O)C3(C)C)c12. The second kappa shape index (κ2) is 6.68. The number of hydrogen-bond acceptors (Lipinski definition) is 2. The van der Waals surface area contributed by atoms with Crippen molar-refractivity contribution < 1.29 is 4.79 Å². The highest BCUT2D eigenvalue weighted by molar-refractivity contribution is 5.95. The zero-order valence-electron chi connectivity index (χ0n) is 14.8. The van der Waals surface area contributed by atoms with E-state index >= 15 is 0 Å². The van der Waals surface area contributed by atoms with Gasteiger partial charge in [-0.2, -0.15) is 0 Å². The molecule has 0 atom stereocenters. The molecule has 1 saturated heterocycles. The van der Waals surface area contributed by atoms with Crippen molar-refractivity contribution in [1.82, 2.24) is 10.9 Å². The van der Waals surface area contributed by atoms with Crippen LogP contribution >= 0.6 is 0 Å². The van der Waals surface area contributed by atoms with Crippen LogP contribution in [-0.2, 0) is 11.2 Å². The summed E-state index contributed by atoms with van der Waals surface area (Å²) in [7, 11) is 0. The number of fused-ring (bicyclic) bond motifs is 1. The molecule has 1 amide bonds. The van der Waals surface area contributed by atoms with Crippen LogP contribution in [0.4, 0.5) is 0 Å². The number of nitrogens with one attached hydrogen (secondary N) is 2. The summed E-state index contributed by atoms with van der Waals surface area (Å²) in [5.41, 5.74) is 8.73. The zero-order valence-corrected chi connectivity index (χ0v) is 14.8. The monoisotopic (exact) mass is 322 g/mol. The minimum absolute atomic E-state index is 0.0113. The molecule has 24 heavy (non-hydrogen) atoms. The molecule has 1 fully saturated rings. The molecule has 1 aliphatic heterocycles. The third-order valence-corrected chi connectivity index (χ3v) is 4.92. The Morgan fingerprint density at radius 2 is 1.79 bits per heavy atom. The third-order valence-electron chi connectivity index (χ3n) is 4.92. The molecule has 0 unspecified atom stereocenters. The second-order valence-electron chi connectivity index (χ2n) is 7.08. The molecule has 0 aromatic heterocycles. The topological polar surface area (TPSA) is 41.1 Å². The summed E-state index contributed by atoms with van der Waals surface area (Å²) in [5, 5.41) is 2.56. The highest BCUT2D eigenvalue weighted by Gasteiger charge is 2.37. The molecule has 2 N–H and O–H groups in total. The number of aryl methyl sites for hydroxylation is 1. The maximum atomic E-state index is 12.0. The fraction of sp³-hybridized carbons (Fsp3) is 0.381. The summed E-state index contributed by atoms with van der Waals surface area (Å²) in [6.07, 6.45) is 6.91. The highest BCUT2D eigenvalue weighted by Crippen LogP contribution is 2.32. The van der Waals surface area contributed by atoms with Crippen molar-refractivity contribution in [3.05, 3.63) is 53.2 Å². The fourth-order valence-electron chi connectivity index (χ4n) is 3.27. The standard InChI is InChI=1S/C21H26N2O/c1-4-5-6-9-15-10-7-11-16-12-8-13-17(19(15)16)14-18-21(2,3)20(24)23-22-18/h7-8,10-14,22H,4-6,9H2,1-3H3,(H,23,24)/b18-14-. The first-order valence-corrected chi connectivity index (χ1v) is 8.83. The van der Waals surface area contributed by atoms with Gasteiger partial charge in [-0.05, 0) is 54.7 Å². The number of amides is 1. The van der Waals surface area contributed by atoms with Crippen LogP contribution in [0.15, 0.2) is 42.1 Å². The molecule has 2 aromatic rings. The molecular weight excluding hydrogens is 296 g/mol. The van der Waals surface area contributed by atoms with Gasteiger partial charge >= 0.3 is 0 Å². The van der Waals surface area contributed by atoms with Gasteiger partial charge in [0.2, 0.25) is 5.91 Å². The Hall–Kier alpha value is -2.29. The van der Waals surface area contributed by atoms with Crippen LogP contribution in [0, 0.1) is 5.41 Å². The van der Waals surface area contributed by atoms with Crippen LogP contribution in [0.2, 0.25) is 0 Å². The smallest absolute Gasteiger partial charge is 0.249 e. The summed E-state index contributed by atoms with van der Waals surface area (Å²) >= 11 is 0. The van der Waals surface area contributed by atoms with Crippen molar-refractivity contribution in [3.8, 4) is 0 Å². The first-order valence-electron chi connectivity index (χ1n) is 8.83. The van der Waals surface area contributed by atoms with E-state index in [1.54, 1.807) is 0 Å². The lowest BCUT2D eigenvalue weighted by atomic mass is 9.87. The average Bonchev–Trinajstić information content (AvgIpc) is 2.82. The van der Waals surface area contributed by atoms with Crippen LogP contribution in [0.1, 0.15) is 51.2 Å². The number of benzene rings is 2. The van der Waals surface area contributed by atoms with Gasteiger partial charge in [-0.3, -0.25) is 10.2 Å². The third kappa shape index (κ3) is 3.03. The number of rotatable bonds is 5. The first-order chi connectivity index (χ1) is 11.5. The van der Waals surface area contributed by atoms with Gasteiger partial charge in [0, 0.05) is 5.70 Å². The molecule has 1 heterocycles. The Balaban J connectivity index is 2.06. The van der Waals surface area contributed by atoms with E-state index in [4.69, 9.17) is 0 Å². The van der Waals surface area contributed by atoms with Gasteiger partial charge in [0.15, 0.2) is 0 Å².